The number of aromatic nitrogens is 2. The molecule has 0 bridgehead atoms. The van der Waals surface area contributed by atoms with Gasteiger partial charge in [-0.3, -0.25) is 0 Å². The van der Waals surface area contributed by atoms with Crippen LogP contribution in [0, 0.1) is 0 Å². The lowest BCUT2D eigenvalue weighted by molar-refractivity contribution is 0.437. The van der Waals surface area contributed by atoms with Gasteiger partial charge in [-0.1, -0.05) is 11.8 Å². The molecule has 9 heteroatoms. The molecule has 1 aromatic rings. The van der Waals surface area contributed by atoms with E-state index >= 15 is 0 Å². The SMILES string of the molecule is CSc1ncc(Br)c(N2CCCN(S(C)(=O)=O)CC2)n1. The second-order valence-corrected chi connectivity index (χ2v) is 8.14. The summed E-state index contributed by atoms with van der Waals surface area (Å²) in [5.74, 6) is 0.833. The Hall–Kier alpha value is -0.380. The number of sulfonamides is 1. The fourth-order valence-electron chi connectivity index (χ4n) is 2.10. The van der Waals surface area contributed by atoms with Gasteiger partial charge in [0.25, 0.3) is 0 Å². The van der Waals surface area contributed by atoms with Gasteiger partial charge in [-0.15, -0.1) is 0 Å². The fraction of sp³-hybridized carbons (Fsp3) is 0.636. The maximum atomic E-state index is 11.6. The first-order valence-electron chi connectivity index (χ1n) is 6.18. The predicted molar refractivity (Wildman–Crippen MR) is 84.8 cm³/mol. The molecule has 2 rings (SSSR count). The summed E-state index contributed by atoms with van der Waals surface area (Å²) in [6.45, 7) is 2.48. The molecule has 6 nitrogen and oxygen atoms in total. The van der Waals surface area contributed by atoms with Crippen molar-refractivity contribution >= 4 is 43.5 Å². The van der Waals surface area contributed by atoms with Crippen molar-refractivity contribution in [3.05, 3.63) is 10.7 Å². The van der Waals surface area contributed by atoms with E-state index in [0.29, 0.717) is 24.8 Å². The largest absolute Gasteiger partial charge is 0.354 e. The molecular formula is C11H17BrN4O2S2. The highest BCUT2D eigenvalue weighted by Crippen LogP contribution is 2.26. The van der Waals surface area contributed by atoms with Crippen LogP contribution in [0.2, 0.25) is 0 Å². The summed E-state index contributed by atoms with van der Waals surface area (Å²) in [6.07, 6.45) is 5.72. The van der Waals surface area contributed by atoms with Gasteiger partial charge < -0.3 is 4.90 Å². The first kappa shape index (κ1) is 16.0. The number of nitrogens with zero attached hydrogens (tertiary/aromatic N) is 4. The van der Waals surface area contributed by atoms with Gasteiger partial charge in [0.15, 0.2) is 5.16 Å². The van der Waals surface area contributed by atoms with Crippen LogP contribution in [0.5, 0.6) is 0 Å². The van der Waals surface area contributed by atoms with Crippen molar-refractivity contribution in [2.24, 2.45) is 0 Å². The first-order valence-corrected chi connectivity index (χ1v) is 10.0. The highest BCUT2D eigenvalue weighted by atomic mass is 79.9. The molecule has 0 N–H and O–H groups in total. The normalized spacial score (nSPS) is 18.1. The fourth-order valence-corrected chi connectivity index (χ4v) is 3.75. The van der Waals surface area contributed by atoms with E-state index in [1.807, 2.05) is 6.26 Å². The predicted octanol–water partition coefficient (Wildman–Crippen LogP) is 1.43. The zero-order valence-electron chi connectivity index (χ0n) is 11.4. The number of anilines is 1. The van der Waals surface area contributed by atoms with Crippen molar-refractivity contribution in [3.8, 4) is 0 Å². The summed E-state index contributed by atoms with van der Waals surface area (Å²) < 4.78 is 25.6. The van der Waals surface area contributed by atoms with Gasteiger partial charge in [0, 0.05) is 32.4 Å². The number of rotatable bonds is 3. The van der Waals surface area contributed by atoms with Crippen LogP contribution in [-0.2, 0) is 10.0 Å². The molecule has 0 radical (unpaired) electrons. The van der Waals surface area contributed by atoms with Crippen molar-refractivity contribution in [2.45, 2.75) is 11.6 Å². The third-order valence-electron chi connectivity index (χ3n) is 3.11. The lowest BCUT2D eigenvalue weighted by atomic mass is 10.4. The first-order chi connectivity index (χ1) is 9.41. The molecule has 1 saturated heterocycles. The van der Waals surface area contributed by atoms with Crippen molar-refractivity contribution < 1.29 is 8.42 Å². The van der Waals surface area contributed by atoms with E-state index in [-0.39, 0.29) is 0 Å². The van der Waals surface area contributed by atoms with Crippen LogP contribution in [0.4, 0.5) is 5.82 Å². The van der Waals surface area contributed by atoms with E-state index in [4.69, 9.17) is 0 Å². The van der Waals surface area contributed by atoms with Crippen molar-refractivity contribution in [2.75, 3.05) is 43.6 Å². The summed E-state index contributed by atoms with van der Waals surface area (Å²) in [4.78, 5) is 10.8. The van der Waals surface area contributed by atoms with Crippen molar-refractivity contribution in [1.82, 2.24) is 14.3 Å². The topological polar surface area (TPSA) is 66.4 Å². The average Bonchev–Trinajstić information content (AvgIpc) is 2.64. The van der Waals surface area contributed by atoms with E-state index in [1.165, 1.54) is 22.3 Å². The molecule has 1 aromatic heterocycles. The van der Waals surface area contributed by atoms with Crippen LogP contribution in [0.25, 0.3) is 0 Å². The van der Waals surface area contributed by atoms with Gasteiger partial charge in [0.1, 0.15) is 5.82 Å². The summed E-state index contributed by atoms with van der Waals surface area (Å²) in [7, 11) is -3.12. The van der Waals surface area contributed by atoms with Gasteiger partial charge in [-0.05, 0) is 28.6 Å². The Kier molecular flexibility index (Phi) is 5.27. The summed E-state index contributed by atoms with van der Waals surface area (Å²) >= 11 is 4.96. The molecule has 0 amide bonds. The molecular weight excluding hydrogens is 364 g/mol. The van der Waals surface area contributed by atoms with Crippen LogP contribution in [0.1, 0.15) is 6.42 Å². The maximum absolute atomic E-state index is 11.6. The smallest absolute Gasteiger partial charge is 0.211 e. The van der Waals surface area contributed by atoms with E-state index in [0.717, 1.165) is 23.3 Å². The Balaban J connectivity index is 2.18. The van der Waals surface area contributed by atoms with Crippen LogP contribution in [0.15, 0.2) is 15.8 Å². The molecule has 1 fully saturated rings. The van der Waals surface area contributed by atoms with Gasteiger partial charge in [-0.2, -0.15) is 0 Å². The van der Waals surface area contributed by atoms with Crippen LogP contribution >= 0.6 is 27.7 Å². The molecule has 0 spiro atoms. The number of halogens is 1. The molecule has 0 unspecified atom stereocenters. The van der Waals surface area contributed by atoms with E-state index in [9.17, 15) is 8.42 Å². The van der Waals surface area contributed by atoms with Gasteiger partial charge in [0.05, 0.1) is 10.7 Å². The Bertz CT molecular complexity index is 582. The van der Waals surface area contributed by atoms with E-state index in [1.54, 1.807) is 6.20 Å². The van der Waals surface area contributed by atoms with E-state index in [2.05, 4.69) is 30.8 Å². The lowest BCUT2D eigenvalue weighted by Crippen LogP contribution is -2.34. The van der Waals surface area contributed by atoms with Crippen LogP contribution in [-0.4, -0.2) is 61.4 Å². The Morgan fingerprint density at radius 3 is 2.70 bits per heavy atom. The number of hydrogen-bond donors (Lipinski definition) is 0. The summed E-state index contributed by atoms with van der Waals surface area (Å²) in [6, 6.07) is 0. The van der Waals surface area contributed by atoms with Gasteiger partial charge >= 0.3 is 0 Å². The number of thioether (sulfide) groups is 1. The zero-order valence-corrected chi connectivity index (χ0v) is 14.6. The molecule has 0 atom stereocenters. The Labute approximate surface area is 132 Å². The second kappa shape index (κ2) is 6.59. The molecule has 0 aliphatic carbocycles. The average molecular weight is 381 g/mol. The number of hydrogen-bond acceptors (Lipinski definition) is 6. The molecule has 112 valence electrons. The third kappa shape index (κ3) is 3.84. The van der Waals surface area contributed by atoms with Crippen LogP contribution < -0.4 is 4.90 Å². The molecule has 20 heavy (non-hydrogen) atoms. The molecule has 2 heterocycles. The molecule has 1 aliphatic heterocycles. The monoisotopic (exact) mass is 380 g/mol. The lowest BCUT2D eigenvalue weighted by Gasteiger charge is -2.23. The highest BCUT2D eigenvalue weighted by Gasteiger charge is 2.23. The minimum absolute atomic E-state index is 0.490. The van der Waals surface area contributed by atoms with E-state index < -0.39 is 10.0 Å². The minimum atomic E-state index is -3.12. The quantitative estimate of drug-likeness (QED) is 0.583. The Morgan fingerprint density at radius 1 is 1.30 bits per heavy atom. The van der Waals surface area contributed by atoms with Gasteiger partial charge in [0.2, 0.25) is 10.0 Å². The van der Waals surface area contributed by atoms with Crippen LogP contribution in [0.3, 0.4) is 0 Å². The molecule has 1 aliphatic rings. The van der Waals surface area contributed by atoms with Crippen molar-refractivity contribution in [3.63, 3.8) is 0 Å². The van der Waals surface area contributed by atoms with Gasteiger partial charge in [-0.25, -0.2) is 22.7 Å². The Morgan fingerprint density at radius 2 is 2.05 bits per heavy atom. The summed E-state index contributed by atoms with van der Waals surface area (Å²) in [5.41, 5.74) is 0. The molecule has 0 aromatic carbocycles. The maximum Gasteiger partial charge on any atom is 0.211 e. The zero-order chi connectivity index (χ0) is 14.8. The summed E-state index contributed by atoms with van der Waals surface area (Å²) in [5, 5.41) is 0.715. The second-order valence-electron chi connectivity index (χ2n) is 4.53. The molecule has 0 saturated carbocycles. The highest BCUT2D eigenvalue weighted by molar-refractivity contribution is 9.10. The van der Waals surface area contributed by atoms with Crippen molar-refractivity contribution in [1.29, 1.82) is 0 Å². The minimum Gasteiger partial charge on any atom is -0.354 e. The standard InChI is InChI=1S/C11H17BrN4O2S2/c1-19-11-13-8-9(12)10(14-11)15-4-3-5-16(7-6-15)20(2,17)18/h8H,3-7H2,1-2H3. The third-order valence-corrected chi connectivity index (χ3v) is 5.53.